The zero-order valence-corrected chi connectivity index (χ0v) is 20.1. The quantitative estimate of drug-likeness (QED) is 0.398. The summed E-state index contributed by atoms with van der Waals surface area (Å²) in [6, 6.07) is 10.8. The molecule has 188 valence electrons. The monoisotopic (exact) mass is 487 g/mol. The van der Waals surface area contributed by atoms with Gasteiger partial charge in [0.1, 0.15) is 22.9 Å². The van der Waals surface area contributed by atoms with E-state index in [1.807, 2.05) is 17.0 Å². The maximum Gasteiger partial charge on any atom is 0.327 e. The predicted octanol–water partition coefficient (Wildman–Crippen LogP) is 3.81. The zero-order chi connectivity index (χ0) is 25.0. The summed E-state index contributed by atoms with van der Waals surface area (Å²) in [5, 5.41) is 0. The topological polar surface area (TPSA) is 62.3 Å². The Bertz CT molecular complexity index is 1030. The number of carbonyl (C=O) groups excluding carboxylic acids is 2. The number of methoxy groups -OCH3 is 2. The van der Waals surface area contributed by atoms with E-state index in [2.05, 4.69) is 0 Å². The first-order valence-electron chi connectivity index (χ1n) is 11.8. The molecular formula is C26H31F2N3O4. The van der Waals surface area contributed by atoms with E-state index in [-0.39, 0.29) is 30.6 Å². The van der Waals surface area contributed by atoms with Crippen molar-refractivity contribution in [2.45, 2.75) is 37.9 Å². The van der Waals surface area contributed by atoms with Crippen LogP contribution in [0.1, 0.15) is 30.4 Å². The van der Waals surface area contributed by atoms with Gasteiger partial charge < -0.3 is 14.4 Å². The fourth-order valence-corrected chi connectivity index (χ4v) is 4.98. The zero-order valence-electron chi connectivity index (χ0n) is 20.1. The number of nitrogens with zero attached hydrogens (tertiary/aromatic N) is 3. The number of urea groups is 1. The molecule has 0 aliphatic carbocycles. The lowest BCUT2D eigenvalue weighted by molar-refractivity contribution is -0.136. The molecule has 0 N–H and O–H groups in total. The lowest BCUT2D eigenvalue weighted by Crippen LogP contribution is -2.56. The first-order chi connectivity index (χ1) is 16.9. The van der Waals surface area contributed by atoms with Crippen molar-refractivity contribution in [3.8, 4) is 5.75 Å². The van der Waals surface area contributed by atoms with Crippen molar-refractivity contribution >= 4 is 11.9 Å². The van der Waals surface area contributed by atoms with Crippen LogP contribution >= 0.6 is 0 Å². The van der Waals surface area contributed by atoms with Gasteiger partial charge in [-0.1, -0.05) is 18.2 Å². The molecule has 3 amide bonds. The third-order valence-corrected chi connectivity index (χ3v) is 6.98. The van der Waals surface area contributed by atoms with E-state index in [1.165, 1.54) is 23.1 Å². The molecule has 0 radical (unpaired) electrons. The van der Waals surface area contributed by atoms with E-state index in [9.17, 15) is 18.4 Å². The van der Waals surface area contributed by atoms with E-state index < -0.39 is 17.2 Å². The number of likely N-dealkylation sites (tertiary alicyclic amines) is 1. The van der Waals surface area contributed by atoms with Gasteiger partial charge in [0.15, 0.2) is 0 Å². The Balaban J connectivity index is 1.51. The minimum atomic E-state index is -0.957. The second-order valence-corrected chi connectivity index (χ2v) is 9.03. The Kier molecular flexibility index (Phi) is 7.66. The molecule has 0 unspecified atom stereocenters. The highest BCUT2D eigenvalue weighted by Crippen LogP contribution is 2.38. The van der Waals surface area contributed by atoms with Crippen LogP contribution in [0.25, 0.3) is 0 Å². The van der Waals surface area contributed by atoms with Gasteiger partial charge in [0.05, 0.1) is 13.7 Å². The highest BCUT2D eigenvalue weighted by Gasteiger charge is 2.57. The van der Waals surface area contributed by atoms with Gasteiger partial charge in [0.25, 0.3) is 5.91 Å². The molecule has 4 rings (SSSR count). The van der Waals surface area contributed by atoms with Gasteiger partial charge >= 0.3 is 6.03 Å². The van der Waals surface area contributed by atoms with Gasteiger partial charge in [-0.3, -0.25) is 14.6 Å². The fourth-order valence-electron chi connectivity index (χ4n) is 4.98. The summed E-state index contributed by atoms with van der Waals surface area (Å²) in [7, 11) is 3.18. The molecule has 2 aliphatic rings. The molecule has 0 bridgehead atoms. The van der Waals surface area contributed by atoms with E-state index in [1.54, 1.807) is 31.3 Å². The van der Waals surface area contributed by atoms with Crippen molar-refractivity contribution < 1.29 is 27.8 Å². The Labute approximate surface area is 204 Å². The molecule has 9 heteroatoms. The lowest BCUT2D eigenvalue weighted by atomic mass is 9.85. The normalized spacial score (nSPS) is 18.1. The summed E-state index contributed by atoms with van der Waals surface area (Å²) in [6.45, 7) is 2.07. The second-order valence-electron chi connectivity index (χ2n) is 9.03. The predicted molar refractivity (Wildman–Crippen MR) is 126 cm³/mol. The molecule has 0 aromatic heterocycles. The van der Waals surface area contributed by atoms with Crippen LogP contribution < -0.4 is 4.74 Å². The van der Waals surface area contributed by atoms with Gasteiger partial charge in [-0.15, -0.1) is 0 Å². The molecule has 2 aromatic carbocycles. The second kappa shape index (κ2) is 10.7. The molecule has 2 fully saturated rings. The van der Waals surface area contributed by atoms with Gasteiger partial charge in [0, 0.05) is 45.5 Å². The van der Waals surface area contributed by atoms with Gasteiger partial charge in [-0.2, -0.15) is 0 Å². The summed E-state index contributed by atoms with van der Waals surface area (Å²) in [5.74, 6) is -0.676. The van der Waals surface area contributed by atoms with E-state index in [4.69, 9.17) is 9.47 Å². The average molecular weight is 488 g/mol. The summed E-state index contributed by atoms with van der Waals surface area (Å²) in [4.78, 5) is 32.1. The van der Waals surface area contributed by atoms with Gasteiger partial charge in [-0.05, 0) is 49.1 Å². The Morgan fingerprint density at radius 3 is 2.20 bits per heavy atom. The van der Waals surface area contributed by atoms with Crippen LogP contribution in [-0.4, -0.2) is 72.6 Å². The minimum absolute atomic E-state index is 0.0235. The van der Waals surface area contributed by atoms with Crippen molar-refractivity contribution in [1.29, 1.82) is 0 Å². The number of piperidine rings is 1. The van der Waals surface area contributed by atoms with Crippen LogP contribution in [0.15, 0.2) is 42.5 Å². The number of benzene rings is 2. The number of ether oxygens (including phenoxy) is 2. The van der Waals surface area contributed by atoms with Crippen molar-refractivity contribution in [2.24, 2.45) is 0 Å². The minimum Gasteiger partial charge on any atom is -0.497 e. The average Bonchev–Trinajstić information content (AvgIpc) is 3.05. The first kappa shape index (κ1) is 25.1. The molecule has 2 saturated heterocycles. The van der Waals surface area contributed by atoms with Crippen molar-refractivity contribution in [2.75, 3.05) is 40.5 Å². The Hall–Kier alpha value is -3.04. The number of hydrogen-bond donors (Lipinski definition) is 0. The number of imide groups is 1. The van der Waals surface area contributed by atoms with E-state index in [0.717, 1.165) is 5.56 Å². The van der Waals surface area contributed by atoms with Gasteiger partial charge in [-0.25, -0.2) is 13.6 Å². The summed E-state index contributed by atoms with van der Waals surface area (Å²) >= 11 is 0. The number of halogens is 2. The maximum atomic E-state index is 14.2. The molecule has 2 aromatic rings. The molecule has 2 aliphatic heterocycles. The largest absolute Gasteiger partial charge is 0.497 e. The van der Waals surface area contributed by atoms with E-state index >= 15 is 0 Å². The molecule has 0 saturated carbocycles. The van der Waals surface area contributed by atoms with Crippen LogP contribution in [0, 0.1) is 11.6 Å². The van der Waals surface area contributed by atoms with Crippen LogP contribution in [0.2, 0.25) is 0 Å². The Morgan fingerprint density at radius 1 is 0.943 bits per heavy atom. The summed E-state index contributed by atoms with van der Waals surface area (Å²) in [5.41, 5.74) is -0.106. The van der Waals surface area contributed by atoms with Crippen molar-refractivity contribution in [3.63, 3.8) is 0 Å². The molecule has 0 atom stereocenters. The number of hydrogen-bond acceptors (Lipinski definition) is 5. The Morgan fingerprint density at radius 2 is 1.60 bits per heavy atom. The SMILES string of the molecule is COCCCN1C(=O)N(Cc2ccc(OC)cc2)C(=O)C12CCN(Cc1c(F)cccc1F)CC2. The van der Waals surface area contributed by atoms with Gasteiger partial charge in [0.2, 0.25) is 0 Å². The first-order valence-corrected chi connectivity index (χ1v) is 11.8. The standard InChI is InChI=1S/C26H31F2N3O4/c1-34-16-4-13-31-25(33)30(17-19-7-9-20(35-2)10-8-19)24(32)26(31)11-14-29(15-12-26)18-21-22(27)5-3-6-23(21)28/h3,5-10H,4,11-18H2,1-2H3. The van der Waals surface area contributed by atoms with E-state index in [0.29, 0.717) is 51.3 Å². The third-order valence-electron chi connectivity index (χ3n) is 6.98. The number of rotatable bonds is 9. The summed E-state index contributed by atoms with van der Waals surface area (Å²) in [6.07, 6.45) is 1.41. The molecule has 7 nitrogen and oxygen atoms in total. The fraction of sp³-hybridized carbons (Fsp3) is 0.462. The van der Waals surface area contributed by atoms with Crippen LogP contribution in [0.4, 0.5) is 13.6 Å². The maximum absolute atomic E-state index is 14.2. The molecular weight excluding hydrogens is 456 g/mol. The molecule has 2 heterocycles. The third kappa shape index (κ3) is 5.01. The molecule has 35 heavy (non-hydrogen) atoms. The van der Waals surface area contributed by atoms with Crippen LogP contribution in [-0.2, 0) is 22.6 Å². The van der Waals surface area contributed by atoms with Crippen molar-refractivity contribution in [1.82, 2.24) is 14.7 Å². The number of carbonyl (C=O) groups is 2. The lowest BCUT2D eigenvalue weighted by Gasteiger charge is -2.42. The molecule has 1 spiro atoms. The summed E-state index contributed by atoms with van der Waals surface area (Å²) < 4.78 is 38.7. The van der Waals surface area contributed by atoms with Crippen LogP contribution in [0.5, 0.6) is 5.75 Å². The van der Waals surface area contributed by atoms with Crippen LogP contribution in [0.3, 0.4) is 0 Å². The highest BCUT2D eigenvalue weighted by atomic mass is 19.1. The smallest absolute Gasteiger partial charge is 0.327 e. The highest BCUT2D eigenvalue weighted by molar-refractivity contribution is 6.07. The van der Waals surface area contributed by atoms with Crippen molar-refractivity contribution in [3.05, 3.63) is 65.2 Å². The number of amides is 3.